The third-order valence-corrected chi connectivity index (χ3v) is 5.74. The van der Waals surface area contributed by atoms with Gasteiger partial charge in [-0.15, -0.1) is 0 Å². The van der Waals surface area contributed by atoms with Crippen molar-refractivity contribution in [3.05, 3.63) is 72.3 Å². The number of benzene rings is 3. The van der Waals surface area contributed by atoms with E-state index in [2.05, 4.69) is 0 Å². The molecule has 0 aliphatic rings. The van der Waals surface area contributed by atoms with E-state index < -0.39 is 9.84 Å². The van der Waals surface area contributed by atoms with Gasteiger partial charge in [0, 0.05) is 17.4 Å². The van der Waals surface area contributed by atoms with E-state index in [-0.39, 0.29) is 5.75 Å². The maximum atomic E-state index is 11.7. The summed E-state index contributed by atoms with van der Waals surface area (Å²) in [6.07, 6.45) is 1.22. The normalized spacial score (nSPS) is 11.5. The topological polar surface area (TPSA) is 78.4 Å². The molecule has 0 radical (unpaired) electrons. The maximum Gasteiger partial charge on any atom is 0.151 e. The number of sulfone groups is 1. The summed E-state index contributed by atoms with van der Waals surface area (Å²) in [7, 11) is 0.101. The van der Waals surface area contributed by atoms with Gasteiger partial charge in [0.2, 0.25) is 0 Å². The number of ether oxygens (including phenoxy) is 2. The van der Waals surface area contributed by atoms with Gasteiger partial charge in [-0.05, 0) is 66.2 Å². The number of rotatable bonds is 6. The Kier molecular flexibility index (Phi) is 5.61. The molecule has 31 heavy (non-hydrogen) atoms. The van der Waals surface area contributed by atoms with Gasteiger partial charge in [-0.2, -0.15) is 0 Å². The Morgan fingerprint density at radius 2 is 1.19 bits per heavy atom. The summed E-state index contributed by atoms with van der Waals surface area (Å²) in [5.41, 5.74) is 5.25. The molecule has 4 rings (SSSR count). The molecule has 0 saturated carbocycles. The minimum Gasteiger partial charge on any atom is -0.497 e. The number of nitrogens with zero attached hydrogens (tertiary/aromatic N) is 2. The molecule has 1 aromatic heterocycles. The van der Waals surface area contributed by atoms with Crippen LogP contribution in [0.3, 0.4) is 0 Å². The van der Waals surface area contributed by atoms with Gasteiger partial charge < -0.3 is 9.47 Å². The van der Waals surface area contributed by atoms with Crippen molar-refractivity contribution >= 4 is 20.9 Å². The number of hydrogen-bond acceptors (Lipinski definition) is 6. The van der Waals surface area contributed by atoms with Gasteiger partial charge >= 0.3 is 0 Å². The fraction of sp³-hybridized carbons (Fsp3) is 0.167. The van der Waals surface area contributed by atoms with Crippen LogP contribution in [0.4, 0.5) is 0 Å². The first-order valence-corrected chi connectivity index (χ1v) is 11.7. The molecule has 0 unspecified atom stereocenters. The molecule has 0 bridgehead atoms. The average molecular weight is 435 g/mol. The zero-order valence-corrected chi connectivity index (χ0v) is 18.3. The van der Waals surface area contributed by atoms with E-state index in [9.17, 15) is 8.42 Å². The molecule has 0 aliphatic carbocycles. The van der Waals surface area contributed by atoms with Crippen LogP contribution in [0.2, 0.25) is 0 Å². The van der Waals surface area contributed by atoms with E-state index >= 15 is 0 Å². The summed E-state index contributed by atoms with van der Waals surface area (Å²) >= 11 is 0. The van der Waals surface area contributed by atoms with Crippen LogP contribution in [-0.2, 0) is 15.6 Å². The van der Waals surface area contributed by atoms with Crippen molar-refractivity contribution in [2.24, 2.45) is 0 Å². The van der Waals surface area contributed by atoms with Gasteiger partial charge in [0.1, 0.15) is 11.5 Å². The third-order valence-electron chi connectivity index (χ3n) is 4.88. The minimum atomic E-state index is -3.15. The van der Waals surface area contributed by atoms with Crippen molar-refractivity contribution in [1.29, 1.82) is 0 Å². The molecule has 0 spiro atoms. The summed E-state index contributed by atoms with van der Waals surface area (Å²) in [5, 5.41) is 0. The Labute approximate surface area is 181 Å². The molecule has 0 amide bonds. The average Bonchev–Trinajstić information content (AvgIpc) is 2.77. The summed E-state index contributed by atoms with van der Waals surface area (Å²) in [6.45, 7) is 0. The third kappa shape index (κ3) is 4.67. The van der Waals surface area contributed by atoms with Gasteiger partial charge in [0.25, 0.3) is 0 Å². The van der Waals surface area contributed by atoms with Crippen molar-refractivity contribution in [2.75, 3.05) is 20.5 Å². The second-order valence-electron chi connectivity index (χ2n) is 7.27. The van der Waals surface area contributed by atoms with Gasteiger partial charge in [-0.3, -0.25) is 0 Å². The molecule has 3 aromatic carbocycles. The van der Waals surface area contributed by atoms with E-state index in [4.69, 9.17) is 19.4 Å². The predicted octanol–water partition coefficient (Wildman–Crippen LogP) is 4.53. The lowest BCUT2D eigenvalue weighted by atomic mass is 10.0. The molecule has 1 heterocycles. The SMILES string of the molecule is COc1ccc(-c2nc3ccc(CS(C)(=O)=O)cc3nc2-c2ccc(OC)cc2)cc1. The standard InChI is InChI=1S/C24H22N2O4S/c1-29-19-9-5-17(6-10-19)23-24(18-7-11-20(30-2)12-8-18)26-22-14-16(15-31(3,27)28)4-13-21(22)25-23/h4-14H,15H2,1-3H3. The van der Waals surface area contributed by atoms with Gasteiger partial charge in [-0.25, -0.2) is 18.4 Å². The van der Waals surface area contributed by atoms with Crippen molar-refractivity contribution in [2.45, 2.75) is 5.75 Å². The van der Waals surface area contributed by atoms with E-state index in [0.717, 1.165) is 28.3 Å². The summed E-state index contributed by atoms with van der Waals surface area (Å²) in [5.74, 6) is 1.47. The van der Waals surface area contributed by atoms with Crippen molar-refractivity contribution < 1.29 is 17.9 Å². The first-order chi connectivity index (χ1) is 14.9. The summed E-state index contributed by atoms with van der Waals surface area (Å²) in [6, 6.07) is 20.6. The molecule has 7 heteroatoms. The number of hydrogen-bond donors (Lipinski definition) is 0. The van der Waals surface area contributed by atoms with Crippen molar-refractivity contribution in [1.82, 2.24) is 9.97 Å². The monoisotopic (exact) mass is 434 g/mol. The highest BCUT2D eigenvalue weighted by Gasteiger charge is 2.15. The fourth-order valence-corrected chi connectivity index (χ4v) is 4.18. The van der Waals surface area contributed by atoms with Crippen LogP contribution < -0.4 is 9.47 Å². The molecule has 0 aliphatic heterocycles. The van der Waals surface area contributed by atoms with Crippen LogP contribution in [0.25, 0.3) is 33.5 Å². The van der Waals surface area contributed by atoms with Crippen molar-refractivity contribution in [3.8, 4) is 34.0 Å². The fourth-order valence-electron chi connectivity index (χ4n) is 3.39. The van der Waals surface area contributed by atoms with Crippen LogP contribution >= 0.6 is 0 Å². The quantitative estimate of drug-likeness (QED) is 0.444. The molecular weight excluding hydrogens is 412 g/mol. The predicted molar refractivity (Wildman–Crippen MR) is 122 cm³/mol. The van der Waals surface area contributed by atoms with Crippen LogP contribution in [0.1, 0.15) is 5.56 Å². The van der Waals surface area contributed by atoms with Gasteiger partial charge in [-0.1, -0.05) is 6.07 Å². The second kappa shape index (κ2) is 8.35. The zero-order chi connectivity index (χ0) is 22.0. The Bertz CT molecular complexity index is 1330. The van der Waals surface area contributed by atoms with E-state index in [1.807, 2.05) is 54.6 Å². The highest BCUT2D eigenvalue weighted by molar-refractivity contribution is 7.89. The van der Waals surface area contributed by atoms with Crippen molar-refractivity contribution in [3.63, 3.8) is 0 Å². The molecule has 0 fully saturated rings. The molecule has 0 N–H and O–H groups in total. The van der Waals surface area contributed by atoms with Crippen LogP contribution in [0.15, 0.2) is 66.7 Å². The zero-order valence-electron chi connectivity index (χ0n) is 17.5. The largest absolute Gasteiger partial charge is 0.497 e. The molecule has 158 valence electrons. The van der Waals surface area contributed by atoms with E-state index in [0.29, 0.717) is 22.3 Å². The van der Waals surface area contributed by atoms with Crippen LogP contribution in [0, 0.1) is 0 Å². The Hall–Kier alpha value is -3.45. The summed E-state index contributed by atoms with van der Waals surface area (Å²) in [4.78, 5) is 9.75. The number of aromatic nitrogens is 2. The van der Waals surface area contributed by atoms with E-state index in [1.165, 1.54) is 6.26 Å². The minimum absolute atomic E-state index is 0.0390. The molecule has 4 aromatic rings. The highest BCUT2D eigenvalue weighted by Crippen LogP contribution is 2.33. The Morgan fingerprint density at radius 1 is 0.710 bits per heavy atom. The molecular formula is C24H22N2O4S. The summed E-state index contributed by atoms with van der Waals surface area (Å²) < 4.78 is 34.0. The van der Waals surface area contributed by atoms with E-state index in [1.54, 1.807) is 26.4 Å². The first-order valence-electron chi connectivity index (χ1n) is 9.63. The lowest BCUT2D eigenvalue weighted by Crippen LogP contribution is -2.01. The Balaban J connectivity index is 1.91. The lowest BCUT2D eigenvalue weighted by molar-refractivity contribution is 0.414. The second-order valence-corrected chi connectivity index (χ2v) is 9.41. The van der Waals surface area contributed by atoms with Gasteiger partial charge in [0.15, 0.2) is 9.84 Å². The first kappa shape index (κ1) is 20.8. The molecule has 0 saturated heterocycles. The smallest absolute Gasteiger partial charge is 0.151 e. The highest BCUT2D eigenvalue weighted by atomic mass is 32.2. The van der Waals surface area contributed by atoms with Crippen LogP contribution in [-0.4, -0.2) is 38.9 Å². The number of methoxy groups -OCH3 is 2. The maximum absolute atomic E-state index is 11.7. The molecule has 0 atom stereocenters. The Morgan fingerprint density at radius 3 is 1.65 bits per heavy atom. The van der Waals surface area contributed by atoms with Crippen LogP contribution in [0.5, 0.6) is 11.5 Å². The lowest BCUT2D eigenvalue weighted by Gasteiger charge is -2.12. The molecule has 6 nitrogen and oxygen atoms in total. The number of fused-ring (bicyclic) bond motifs is 1. The van der Waals surface area contributed by atoms with Gasteiger partial charge in [0.05, 0.1) is 42.4 Å².